The van der Waals surface area contributed by atoms with Gasteiger partial charge in [-0.3, -0.25) is 9.78 Å². The molecule has 0 aliphatic rings. The summed E-state index contributed by atoms with van der Waals surface area (Å²) >= 11 is 0. The fourth-order valence-electron chi connectivity index (χ4n) is 2.29. The molecule has 0 saturated heterocycles. The van der Waals surface area contributed by atoms with Crippen molar-refractivity contribution in [1.29, 1.82) is 0 Å². The number of carboxylic acids is 1. The van der Waals surface area contributed by atoms with Crippen LogP contribution in [0.1, 0.15) is 0 Å². The minimum atomic E-state index is -4.28. The zero-order chi connectivity index (χ0) is 19.4. The van der Waals surface area contributed by atoms with Gasteiger partial charge in [-0.15, -0.1) is 0 Å². The van der Waals surface area contributed by atoms with Crippen LogP contribution in [-0.4, -0.2) is 53.5 Å². The first-order valence-corrected chi connectivity index (χ1v) is 9.10. The van der Waals surface area contributed by atoms with Gasteiger partial charge < -0.3 is 14.3 Å². The summed E-state index contributed by atoms with van der Waals surface area (Å²) in [5, 5.41) is 8.80. The van der Waals surface area contributed by atoms with Crippen LogP contribution in [0.3, 0.4) is 0 Å². The van der Waals surface area contributed by atoms with Gasteiger partial charge in [-0.05, 0) is 18.2 Å². The number of ether oxygens (including phenoxy) is 1. The summed E-state index contributed by atoms with van der Waals surface area (Å²) in [4.78, 5) is 18.8. The molecule has 0 saturated carbocycles. The van der Waals surface area contributed by atoms with E-state index in [4.69, 9.17) is 14.3 Å². The van der Waals surface area contributed by atoms with Crippen molar-refractivity contribution in [2.75, 3.05) is 19.7 Å². The Labute approximate surface area is 153 Å². The second-order valence-corrected chi connectivity index (χ2v) is 7.24. The highest BCUT2D eigenvalue weighted by molar-refractivity contribution is 7.89. The summed E-state index contributed by atoms with van der Waals surface area (Å²) in [7, 11) is -4.28. The molecule has 0 bridgehead atoms. The largest absolute Gasteiger partial charge is 0.480 e. The van der Waals surface area contributed by atoms with Crippen molar-refractivity contribution in [2.45, 2.75) is 5.09 Å². The van der Waals surface area contributed by atoms with E-state index in [0.29, 0.717) is 4.31 Å². The molecule has 0 amide bonds. The molecule has 0 aliphatic heterocycles. The normalized spacial score (nSPS) is 11.8. The van der Waals surface area contributed by atoms with Crippen molar-refractivity contribution >= 4 is 27.0 Å². The van der Waals surface area contributed by atoms with Gasteiger partial charge in [0, 0.05) is 30.4 Å². The summed E-state index contributed by atoms with van der Waals surface area (Å²) in [5.41, 5.74) is 0.168. The lowest BCUT2D eigenvalue weighted by Gasteiger charge is -2.18. The maximum atomic E-state index is 13.3. The molecule has 1 aromatic carbocycles. The Morgan fingerprint density at radius 2 is 2.11 bits per heavy atom. The average Bonchev–Trinajstić information content (AvgIpc) is 3.05. The quantitative estimate of drug-likeness (QED) is 0.609. The summed E-state index contributed by atoms with van der Waals surface area (Å²) < 4.78 is 50.0. The number of carboxylic acid groups (broad SMARTS) is 1. The summed E-state index contributed by atoms with van der Waals surface area (Å²) in [6.07, 6.45) is 4.18. The van der Waals surface area contributed by atoms with Crippen LogP contribution in [0.2, 0.25) is 0 Å². The molecule has 0 fully saturated rings. The van der Waals surface area contributed by atoms with Gasteiger partial charge in [0.1, 0.15) is 24.6 Å². The smallest absolute Gasteiger partial charge is 0.318 e. The van der Waals surface area contributed by atoms with E-state index >= 15 is 0 Å². The highest BCUT2D eigenvalue weighted by Gasteiger charge is 2.30. The van der Waals surface area contributed by atoms with E-state index in [0.717, 1.165) is 18.2 Å². The minimum Gasteiger partial charge on any atom is -0.480 e. The molecule has 0 aliphatic carbocycles. The first-order chi connectivity index (χ1) is 12.9. The van der Waals surface area contributed by atoms with Gasteiger partial charge in [0.15, 0.2) is 0 Å². The number of hydrogen-bond donors (Lipinski definition) is 1. The Balaban J connectivity index is 1.81. The van der Waals surface area contributed by atoms with Crippen molar-refractivity contribution < 1.29 is 31.9 Å². The number of aliphatic carboxylic acids is 1. The number of aromatic nitrogens is 2. The van der Waals surface area contributed by atoms with Crippen LogP contribution in [0.25, 0.3) is 11.0 Å². The number of sulfonamides is 1. The Hall–Kier alpha value is -3.05. The van der Waals surface area contributed by atoms with E-state index in [9.17, 15) is 17.6 Å². The number of rotatable bonds is 8. The van der Waals surface area contributed by atoms with Crippen LogP contribution in [0.4, 0.5) is 4.39 Å². The molecule has 2 aromatic heterocycles. The first-order valence-electron chi connectivity index (χ1n) is 7.66. The van der Waals surface area contributed by atoms with Gasteiger partial charge in [0.05, 0.1) is 6.20 Å². The van der Waals surface area contributed by atoms with E-state index in [1.165, 1.54) is 24.7 Å². The van der Waals surface area contributed by atoms with Crippen molar-refractivity contribution in [3.05, 3.63) is 48.7 Å². The van der Waals surface area contributed by atoms with Gasteiger partial charge >= 0.3 is 5.97 Å². The zero-order valence-electron chi connectivity index (χ0n) is 13.8. The Morgan fingerprint density at radius 1 is 1.30 bits per heavy atom. The first kappa shape index (κ1) is 18.7. The molecular formula is C16H14FN3O6S. The van der Waals surface area contributed by atoms with Crippen molar-refractivity contribution in [1.82, 2.24) is 14.3 Å². The van der Waals surface area contributed by atoms with Crippen LogP contribution in [0.15, 0.2) is 52.4 Å². The number of benzene rings is 1. The molecule has 0 atom stereocenters. The molecular weight excluding hydrogens is 381 g/mol. The fraction of sp³-hybridized carbons (Fsp3) is 0.188. The van der Waals surface area contributed by atoms with E-state index in [1.807, 2.05) is 0 Å². The zero-order valence-corrected chi connectivity index (χ0v) is 14.6. The lowest BCUT2D eigenvalue weighted by atomic mass is 10.2. The van der Waals surface area contributed by atoms with E-state index in [1.54, 1.807) is 0 Å². The molecule has 3 aromatic rings. The Kier molecular flexibility index (Phi) is 5.33. The van der Waals surface area contributed by atoms with Gasteiger partial charge in [-0.25, -0.2) is 17.8 Å². The van der Waals surface area contributed by atoms with Gasteiger partial charge in [-0.2, -0.15) is 4.31 Å². The van der Waals surface area contributed by atoms with Crippen molar-refractivity contribution in [2.24, 2.45) is 0 Å². The highest BCUT2D eigenvalue weighted by Crippen LogP contribution is 2.25. The predicted octanol–water partition coefficient (Wildman–Crippen LogP) is 1.52. The highest BCUT2D eigenvalue weighted by atomic mass is 32.2. The molecule has 0 unspecified atom stereocenters. The molecule has 0 radical (unpaired) electrons. The Morgan fingerprint density at radius 3 is 2.81 bits per heavy atom. The lowest BCUT2D eigenvalue weighted by Crippen LogP contribution is -2.38. The topological polar surface area (TPSA) is 123 Å². The second-order valence-electron chi connectivity index (χ2n) is 5.37. The number of carbonyl (C=O) groups is 1. The number of hydrogen-bond acceptors (Lipinski definition) is 7. The number of nitrogens with zero attached hydrogens (tertiary/aromatic N) is 3. The maximum absolute atomic E-state index is 13.3. The fourth-order valence-corrected chi connectivity index (χ4v) is 3.61. The molecule has 9 nitrogen and oxygen atoms in total. The number of furan rings is 1. The average molecular weight is 395 g/mol. The van der Waals surface area contributed by atoms with E-state index < -0.39 is 33.4 Å². The van der Waals surface area contributed by atoms with Crippen molar-refractivity contribution in [3.8, 4) is 5.88 Å². The number of fused-ring (bicyclic) bond motifs is 1. The standard InChI is InChI=1S/C16H14FN3O6S/c17-12-1-2-13-11(7-12)8-16(26-13)27(23,24)20(10-15(21)22)5-6-25-14-9-18-3-4-19-14/h1-4,7-9H,5-6,10H2,(H,21,22). The molecule has 0 spiro atoms. The molecule has 3 rings (SSSR count). The molecule has 11 heteroatoms. The van der Waals surface area contributed by atoms with E-state index in [-0.39, 0.29) is 30.0 Å². The monoisotopic (exact) mass is 395 g/mol. The SMILES string of the molecule is O=C(O)CN(CCOc1cnccn1)S(=O)(=O)c1cc2cc(F)ccc2o1. The third-order valence-corrected chi connectivity index (χ3v) is 5.19. The van der Waals surface area contributed by atoms with Crippen LogP contribution in [-0.2, 0) is 14.8 Å². The van der Waals surface area contributed by atoms with Crippen molar-refractivity contribution in [3.63, 3.8) is 0 Å². The maximum Gasteiger partial charge on any atom is 0.318 e. The van der Waals surface area contributed by atoms with Gasteiger partial charge in [0.2, 0.25) is 11.0 Å². The predicted molar refractivity (Wildman–Crippen MR) is 90.1 cm³/mol. The molecule has 2 heterocycles. The van der Waals surface area contributed by atoms with Gasteiger partial charge in [-0.1, -0.05) is 0 Å². The minimum absolute atomic E-state index is 0.153. The summed E-state index contributed by atoms with van der Waals surface area (Å²) in [6, 6.07) is 4.69. The van der Waals surface area contributed by atoms with Crippen LogP contribution in [0.5, 0.6) is 5.88 Å². The van der Waals surface area contributed by atoms with E-state index in [2.05, 4.69) is 9.97 Å². The Bertz CT molecular complexity index is 1050. The molecule has 1 N–H and O–H groups in total. The van der Waals surface area contributed by atoms with Gasteiger partial charge in [0.25, 0.3) is 10.0 Å². The third-order valence-electron chi connectivity index (χ3n) is 3.49. The lowest BCUT2D eigenvalue weighted by molar-refractivity contribution is -0.137. The van der Waals surface area contributed by atoms with Crippen LogP contribution < -0.4 is 4.74 Å². The summed E-state index contributed by atoms with van der Waals surface area (Å²) in [6.45, 7) is -1.21. The van der Waals surface area contributed by atoms with Crippen LogP contribution in [0, 0.1) is 5.82 Å². The molecule has 142 valence electrons. The van der Waals surface area contributed by atoms with Crippen LogP contribution >= 0.6 is 0 Å². The molecule has 27 heavy (non-hydrogen) atoms. The summed E-state index contributed by atoms with van der Waals surface area (Å²) in [5.74, 6) is -1.73. The number of halogens is 1. The third kappa shape index (κ3) is 4.38. The second kappa shape index (κ2) is 7.68.